The number of aromatic nitrogens is 2. The Kier molecular flexibility index (Phi) is 3.17. The van der Waals surface area contributed by atoms with Gasteiger partial charge in [0, 0.05) is 12.8 Å². The van der Waals surface area contributed by atoms with Crippen LogP contribution in [-0.2, 0) is 4.74 Å². The number of hydrogen-bond donors (Lipinski definition) is 0. The van der Waals surface area contributed by atoms with Crippen LogP contribution in [0.25, 0.3) is 5.69 Å². The van der Waals surface area contributed by atoms with Gasteiger partial charge in [0.15, 0.2) is 5.78 Å². The molecule has 19 heavy (non-hydrogen) atoms. The lowest BCUT2D eigenvalue weighted by molar-refractivity contribution is 0.0579. The molecule has 0 bridgehead atoms. The number of ether oxygens (including phenoxy) is 1. The van der Waals surface area contributed by atoms with Crippen LogP contribution in [0.1, 0.15) is 23.7 Å². The predicted molar refractivity (Wildman–Crippen MR) is 71.4 cm³/mol. The van der Waals surface area contributed by atoms with Gasteiger partial charge in [-0.3, -0.25) is 4.79 Å². The molecule has 1 aliphatic rings. The smallest absolute Gasteiger partial charge is 0.194 e. The van der Waals surface area contributed by atoms with E-state index in [0.717, 1.165) is 12.1 Å². The number of carbonyl (C=O) groups is 1. The number of hydrogen-bond acceptors (Lipinski definition) is 3. The molecule has 4 heteroatoms. The summed E-state index contributed by atoms with van der Waals surface area (Å²) < 4.78 is 7.22. The number of para-hydroxylation sites is 1. The van der Waals surface area contributed by atoms with Crippen molar-refractivity contribution in [2.24, 2.45) is 5.92 Å². The molecule has 0 saturated carbocycles. The highest BCUT2D eigenvalue weighted by Gasteiger charge is 2.32. The third kappa shape index (κ3) is 2.31. The molecule has 1 aromatic heterocycles. The van der Waals surface area contributed by atoms with Crippen molar-refractivity contribution < 1.29 is 9.53 Å². The number of ketones is 1. The molecule has 1 saturated heterocycles. The zero-order valence-electron chi connectivity index (χ0n) is 10.8. The maximum absolute atomic E-state index is 12.3. The minimum Gasteiger partial charge on any atom is -0.370 e. The second kappa shape index (κ2) is 4.97. The Morgan fingerprint density at radius 2 is 2.16 bits per heavy atom. The third-order valence-electron chi connectivity index (χ3n) is 3.53. The number of Topliss-reactive ketones (excluding diaryl/α,β-unsaturated/α-hetero) is 1. The van der Waals surface area contributed by atoms with Crippen LogP contribution in [-0.4, -0.2) is 28.3 Å². The van der Waals surface area contributed by atoms with Crippen molar-refractivity contribution in [2.75, 3.05) is 6.61 Å². The lowest BCUT2D eigenvalue weighted by Gasteiger charge is -2.11. The van der Waals surface area contributed by atoms with E-state index < -0.39 is 0 Å². The van der Waals surface area contributed by atoms with Crippen LogP contribution in [0.4, 0.5) is 0 Å². The van der Waals surface area contributed by atoms with Crippen LogP contribution in [0.5, 0.6) is 0 Å². The molecule has 3 rings (SSSR count). The first kappa shape index (κ1) is 12.1. The van der Waals surface area contributed by atoms with E-state index in [-0.39, 0.29) is 17.8 Å². The molecule has 1 aromatic carbocycles. The Bertz CT molecular complexity index is 577. The molecule has 1 aliphatic heterocycles. The average Bonchev–Trinajstić information content (AvgIpc) is 3.08. The summed E-state index contributed by atoms with van der Waals surface area (Å²) in [5, 5.41) is 4.24. The fourth-order valence-electron chi connectivity index (χ4n) is 2.37. The number of benzene rings is 1. The molecule has 2 unspecified atom stereocenters. The first-order chi connectivity index (χ1) is 9.25. The summed E-state index contributed by atoms with van der Waals surface area (Å²) >= 11 is 0. The van der Waals surface area contributed by atoms with Crippen molar-refractivity contribution in [1.29, 1.82) is 0 Å². The molecule has 0 aliphatic carbocycles. The van der Waals surface area contributed by atoms with Crippen molar-refractivity contribution in [3.05, 3.63) is 48.3 Å². The van der Waals surface area contributed by atoms with E-state index in [1.807, 2.05) is 30.3 Å². The molecule has 0 radical (unpaired) electrons. The molecule has 0 spiro atoms. The van der Waals surface area contributed by atoms with Crippen molar-refractivity contribution in [1.82, 2.24) is 9.78 Å². The second-order valence-electron chi connectivity index (χ2n) is 4.93. The molecule has 4 nitrogen and oxygen atoms in total. The summed E-state index contributed by atoms with van der Waals surface area (Å²) in [6, 6.07) is 9.75. The lowest BCUT2D eigenvalue weighted by atomic mass is 9.98. The minimum atomic E-state index is -0.312. The first-order valence-corrected chi connectivity index (χ1v) is 6.51. The normalized spacial score (nSPS) is 22.6. The largest absolute Gasteiger partial charge is 0.370 e. The minimum absolute atomic E-state index is 0.0344. The van der Waals surface area contributed by atoms with Crippen molar-refractivity contribution >= 4 is 5.78 Å². The molecule has 0 amide bonds. The summed E-state index contributed by atoms with van der Waals surface area (Å²) in [6.45, 7) is 2.72. The van der Waals surface area contributed by atoms with E-state index in [2.05, 4.69) is 12.0 Å². The highest BCUT2D eigenvalue weighted by Crippen LogP contribution is 2.23. The Morgan fingerprint density at radius 3 is 2.84 bits per heavy atom. The Labute approximate surface area is 112 Å². The Hall–Kier alpha value is -1.94. The number of nitrogens with zero attached hydrogens (tertiary/aromatic N) is 2. The van der Waals surface area contributed by atoms with Crippen LogP contribution >= 0.6 is 0 Å². The predicted octanol–water partition coefficient (Wildman–Crippen LogP) is 2.48. The van der Waals surface area contributed by atoms with Crippen LogP contribution in [0, 0.1) is 5.92 Å². The number of rotatable bonds is 3. The fourth-order valence-corrected chi connectivity index (χ4v) is 2.37. The van der Waals surface area contributed by atoms with Crippen molar-refractivity contribution in [2.45, 2.75) is 19.4 Å². The van der Waals surface area contributed by atoms with E-state index in [4.69, 9.17) is 4.74 Å². The van der Waals surface area contributed by atoms with Crippen molar-refractivity contribution in [3.8, 4) is 5.69 Å². The van der Waals surface area contributed by atoms with Gasteiger partial charge >= 0.3 is 0 Å². The Morgan fingerprint density at radius 1 is 1.37 bits per heavy atom. The van der Waals surface area contributed by atoms with E-state index in [1.165, 1.54) is 0 Å². The maximum Gasteiger partial charge on any atom is 0.194 e. The highest BCUT2D eigenvalue weighted by atomic mass is 16.5. The Balaban J connectivity index is 1.83. The maximum atomic E-state index is 12.3. The van der Waals surface area contributed by atoms with Gasteiger partial charge in [-0.1, -0.05) is 25.1 Å². The molecule has 2 aromatic rings. The fraction of sp³-hybridized carbons (Fsp3) is 0.333. The lowest BCUT2D eigenvalue weighted by Crippen LogP contribution is -2.24. The summed E-state index contributed by atoms with van der Waals surface area (Å²) in [6.07, 6.45) is 4.02. The summed E-state index contributed by atoms with van der Waals surface area (Å²) in [7, 11) is 0. The van der Waals surface area contributed by atoms with Gasteiger partial charge in [0.05, 0.1) is 17.4 Å². The van der Waals surface area contributed by atoms with Gasteiger partial charge in [0.25, 0.3) is 0 Å². The molecular weight excluding hydrogens is 240 g/mol. The van der Waals surface area contributed by atoms with E-state index >= 15 is 0 Å². The van der Waals surface area contributed by atoms with Crippen LogP contribution in [0.3, 0.4) is 0 Å². The molecule has 98 valence electrons. The second-order valence-corrected chi connectivity index (χ2v) is 4.93. The van der Waals surface area contributed by atoms with E-state index in [9.17, 15) is 4.79 Å². The topological polar surface area (TPSA) is 44.1 Å². The summed E-state index contributed by atoms with van der Waals surface area (Å²) in [4.78, 5) is 12.3. The third-order valence-corrected chi connectivity index (χ3v) is 3.53. The van der Waals surface area contributed by atoms with Gasteiger partial charge in [-0.05, 0) is 24.5 Å². The van der Waals surface area contributed by atoms with Crippen LogP contribution in [0.2, 0.25) is 0 Å². The molecule has 0 N–H and O–H groups in total. The van der Waals surface area contributed by atoms with Crippen LogP contribution < -0.4 is 0 Å². The molecule has 2 atom stereocenters. The van der Waals surface area contributed by atoms with Gasteiger partial charge in [-0.25, -0.2) is 4.68 Å². The quantitative estimate of drug-likeness (QED) is 0.792. The molecule has 1 fully saturated rings. The highest BCUT2D eigenvalue weighted by molar-refractivity contribution is 5.99. The SMILES string of the molecule is CC1CCOC1C(=O)c1cnn(-c2ccccc2)c1. The average molecular weight is 256 g/mol. The van der Waals surface area contributed by atoms with Gasteiger partial charge in [0.1, 0.15) is 6.10 Å². The zero-order chi connectivity index (χ0) is 13.2. The monoisotopic (exact) mass is 256 g/mol. The zero-order valence-corrected chi connectivity index (χ0v) is 10.8. The van der Waals surface area contributed by atoms with E-state index in [1.54, 1.807) is 17.1 Å². The van der Waals surface area contributed by atoms with Crippen LogP contribution in [0.15, 0.2) is 42.7 Å². The van der Waals surface area contributed by atoms with Crippen molar-refractivity contribution in [3.63, 3.8) is 0 Å². The van der Waals surface area contributed by atoms with Gasteiger partial charge in [-0.15, -0.1) is 0 Å². The first-order valence-electron chi connectivity index (χ1n) is 6.51. The standard InChI is InChI=1S/C15H16N2O2/c1-11-7-8-19-15(11)14(18)12-9-16-17(10-12)13-5-3-2-4-6-13/h2-6,9-11,15H,7-8H2,1H3. The van der Waals surface area contributed by atoms with Gasteiger partial charge < -0.3 is 4.74 Å². The summed E-state index contributed by atoms with van der Waals surface area (Å²) in [5.41, 5.74) is 1.56. The number of carbonyl (C=O) groups excluding carboxylic acids is 1. The van der Waals surface area contributed by atoms with E-state index in [0.29, 0.717) is 12.2 Å². The van der Waals surface area contributed by atoms with Gasteiger partial charge in [-0.2, -0.15) is 5.10 Å². The van der Waals surface area contributed by atoms with Gasteiger partial charge in [0.2, 0.25) is 0 Å². The molecular formula is C15H16N2O2. The summed E-state index contributed by atoms with van der Waals surface area (Å²) in [5.74, 6) is 0.319. The molecule has 2 heterocycles.